The highest BCUT2D eigenvalue weighted by Gasteiger charge is 2.48. The van der Waals surface area contributed by atoms with Crippen LogP contribution < -0.4 is 4.90 Å². The molecule has 0 radical (unpaired) electrons. The van der Waals surface area contributed by atoms with Crippen molar-refractivity contribution in [2.45, 2.75) is 57.0 Å². The van der Waals surface area contributed by atoms with E-state index in [0.717, 1.165) is 57.4 Å². The first kappa shape index (κ1) is 18.5. The van der Waals surface area contributed by atoms with Crippen molar-refractivity contribution in [1.82, 2.24) is 9.88 Å². The monoisotopic (exact) mass is 391 g/mol. The molecule has 1 saturated carbocycles. The number of pyridine rings is 1. The molecule has 4 rings (SSSR count). The number of hydrogen-bond acceptors (Lipinski definition) is 4. The maximum absolute atomic E-state index is 13.3. The molecule has 3 atom stereocenters. The van der Waals surface area contributed by atoms with Crippen LogP contribution in [-0.2, 0) is 9.59 Å². The minimum Gasteiger partial charge on any atom is -0.480 e. The normalized spacial score (nSPS) is 28.9. The average molecular weight is 392 g/mol. The Morgan fingerprint density at radius 1 is 1.11 bits per heavy atom. The third kappa shape index (κ3) is 3.64. The first-order chi connectivity index (χ1) is 13.0. The van der Waals surface area contributed by atoms with Gasteiger partial charge in [-0.25, -0.2) is 9.78 Å². The summed E-state index contributed by atoms with van der Waals surface area (Å²) < 4.78 is 0. The molecule has 27 heavy (non-hydrogen) atoms. The number of hydrogen-bond donors (Lipinski definition) is 1. The van der Waals surface area contributed by atoms with E-state index < -0.39 is 12.0 Å². The van der Waals surface area contributed by atoms with Gasteiger partial charge in [-0.1, -0.05) is 24.4 Å². The van der Waals surface area contributed by atoms with E-state index in [1.165, 1.54) is 0 Å². The number of nitrogens with zero attached hydrogens (tertiary/aromatic N) is 3. The highest BCUT2D eigenvalue weighted by molar-refractivity contribution is 6.30. The number of likely N-dealkylation sites (tertiary alicyclic amines) is 1. The van der Waals surface area contributed by atoms with Crippen molar-refractivity contribution in [3.05, 3.63) is 23.4 Å². The standard InChI is InChI=1S/C20H26ClN3O3/c21-15-5-6-18(22-12-15)23-9-7-13(8-10-23)19(25)24-16-4-2-1-3-14(16)11-17(24)20(26)27/h5-6,12-14,16-17H,1-4,7-11H2,(H,26,27)/t14-,16-,17+/m1/s1. The second-order valence-corrected chi connectivity index (χ2v) is 8.48. The summed E-state index contributed by atoms with van der Waals surface area (Å²) in [7, 11) is 0. The Morgan fingerprint density at radius 2 is 1.85 bits per heavy atom. The van der Waals surface area contributed by atoms with E-state index in [0.29, 0.717) is 17.4 Å². The van der Waals surface area contributed by atoms with Crippen molar-refractivity contribution in [3.8, 4) is 0 Å². The minimum atomic E-state index is -0.847. The molecular formula is C20H26ClN3O3. The van der Waals surface area contributed by atoms with Crippen LogP contribution >= 0.6 is 11.6 Å². The molecule has 2 aliphatic heterocycles. The lowest BCUT2D eigenvalue weighted by molar-refractivity contribution is -0.152. The zero-order chi connectivity index (χ0) is 19.0. The third-order valence-electron chi connectivity index (χ3n) is 6.51. The van der Waals surface area contributed by atoms with Crippen LogP contribution in [0.4, 0.5) is 5.82 Å². The van der Waals surface area contributed by atoms with E-state index in [1.54, 1.807) is 11.1 Å². The van der Waals surface area contributed by atoms with Gasteiger partial charge in [0.2, 0.25) is 5.91 Å². The van der Waals surface area contributed by atoms with E-state index >= 15 is 0 Å². The highest BCUT2D eigenvalue weighted by atomic mass is 35.5. The van der Waals surface area contributed by atoms with Crippen molar-refractivity contribution < 1.29 is 14.7 Å². The number of halogens is 1. The molecule has 6 nitrogen and oxygen atoms in total. The first-order valence-corrected chi connectivity index (χ1v) is 10.3. The van der Waals surface area contributed by atoms with Crippen LogP contribution in [0, 0.1) is 11.8 Å². The van der Waals surface area contributed by atoms with Gasteiger partial charge >= 0.3 is 5.97 Å². The fourth-order valence-corrected chi connectivity index (χ4v) is 5.23. The number of anilines is 1. The molecule has 7 heteroatoms. The van der Waals surface area contributed by atoms with Gasteiger partial charge in [-0.2, -0.15) is 0 Å². The summed E-state index contributed by atoms with van der Waals surface area (Å²) in [5.74, 6) is 0.363. The van der Waals surface area contributed by atoms with Crippen LogP contribution in [0.1, 0.15) is 44.9 Å². The first-order valence-electron chi connectivity index (χ1n) is 9.96. The van der Waals surface area contributed by atoms with E-state index in [-0.39, 0.29) is 17.9 Å². The lowest BCUT2D eigenvalue weighted by Gasteiger charge is -2.38. The molecule has 0 spiro atoms. The second-order valence-electron chi connectivity index (χ2n) is 8.04. The summed E-state index contributed by atoms with van der Waals surface area (Å²) >= 11 is 5.90. The smallest absolute Gasteiger partial charge is 0.326 e. The molecule has 146 valence electrons. The number of carbonyl (C=O) groups is 2. The Morgan fingerprint density at radius 3 is 2.52 bits per heavy atom. The van der Waals surface area contributed by atoms with Crippen molar-refractivity contribution in [3.63, 3.8) is 0 Å². The van der Waals surface area contributed by atoms with Gasteiger partial charge in [0.25, 0.3) is 0 Å². The fourth-order valence-electron chi connectivity index (χ4n) is 5.12. The molecule has 1 aromatic heterocycles. The zero-order valence-electron chi connectivity index (χ0n) is 15.4. The van der Waals surface area contributed by atoms with Crippen molar-refractivity contribution in [2.75, 3.05) is 18.0 Å². The topological polar surface area (TPSA) is 73.7 Å². The summed E-state index contributed by atoms with van der Waals surface area (Å²) in [5.41, 5.74) is 0. The number of carboxylic acid groups (broad SMARTS) is 1. The summed E-state index contributed by atoms with van der Waals surface area (Å²) in [6, 6.07) is 3.22. The molecule has 1 N–H and O–H groups in total. The number of fused-ring (bicyclic) bond motifs is 1. The SMILES string of the molecule is O=C(O)[C@@H]1C[C@H]2CCCC[C@H]2N1C(=O)C1CCN(c2ccc(Cl)cn2)CC1. The maximum Gasteiger partial charge on any atom is 0.326 e. The Balaban J connectivity index is 1.43. The maximum atomic E-state index is 13.3. The minimum absolute atomic E-state index is 0.0560. The van der Waals surface area contributed by atoms with Crippen molar-refractivity contribution in [1.29, 1.82) is 0 Å². The van der Waals surface area contributed by atoms with Crippen LogP contribution in [0.15, 0.2) is 18.3 Å². The zero-order valence-corrected chi connectivity index (χ0v) is 16.1. The molecule has 3 heterocycles. The van der Waals surface area contributed by atoms with E-state index in [9.17, 15) is 14.7 Å². The second kappa shape index (κ2) is 7.66. The van der Waals surface area contributed by atoms with Crippen LogP contribution in [-0.4, -0.2) is 52.0 Å². The summed E-state index contributed by atoms with van der Waals surface area (Å²) in [6.07, 6.45) is 8.00. The average Bonchev–Trinajstić information content (AvgIpc) is 3.08. The molecule has 1 amide bonds. The molecule has 3 fully saturated rings. The number of carboxylic acids is 1. The number of rotatable bonds is 3. The summed E-state index contributed by atoms with van der Waals surface area (Å²) in [6.45, 7) is 1.51. The molecule has 2 saturated heterocycles. The van der Waals surface area contributed by atoms with Gasteiger partial charge < -0.3 is 14.9 Å². The van der Waals surface area contributed by atoms with Crippen LogP contribution in [0.5, 0.6) is 0 Å². The van der Waals surface area contributed by atoms with Gasteiger partial charge in [-0.05, 0) is 50.2 Å². The summed E-state index contributed by atoms with van der Waals surface area (Å²) in [4.78, 5) is 33.3. The number of carbonyl (C=O) groups excluding carboxylic acids is 1. The van der Waals surface area contributed by atoms with Gasteiger partial charge in [-0.15, -0.1) is 0 Å². The molecule has 0 unspecified atom stereocenters. The Bertz CT molecular complexity index is 703. The Kier molecular flexibility index (Phi) is 5.26. The Labute approximate surface area is 164 Å². The highest BCUT2D eigenvalue weighted by Crippen LogP contribution is 2.41. The largest absolute Gasteiger partial charge is 0.480 e. The molecular weight excluding hydrogens is 366 g/mol. The predicted octanol–water partition coefficient (Wildman–Crippen LogP) is 3.20. The van der Waals surface area contributed by atoms with Crippen LogP contribution in [0.3, 0.4) is 0 Å². The molecule has 0 aromatic carbocycles. The number of amides is 1. The lowest BCUT2D eigenvalue weighted by Crippen LogP contribution is -2.50. The number of piperidine rings is 1. The number of aromatic nitrogens is 1. The van der Waals surface area contributed by atoms with Gasteiger partial charge in [0.05, 0.1) is 5.02 Å². The van der Waals surface area contributed by atoms with Crippen molar-refractivity contribution in [2.24, 2.45) is 11.8 Å². The van der Waals surface area contributed by atoms with E-state index in [2.05, 4.69) is 9.88 Å². The summed E-state index contributed by atoms with van der Waals surface area (Å²) in [5, 5.41) is 10.3. The molecule has 3 aliphatic rings. The molecule has 0 bridgehead atoms. The van der Waals surface area contributed by atoms with Crippen LogP contribution in [0.25, 0.3) is 0 Å². The number of aliphatic carboxylic acids is 1. The third-order valence-corrected chi connectivity index (χ3v) is 6.73. The molecule has 1 aliphatic carbocycles. The Hall–Kier alpha value is -1.82. The van der Waals surface area contributed by atoms with Crippen molar-refractivity contribution >= 4 is 29.3 Å². The van der Waals surface area contributed by atoms with E-state index in [1.807, 2.05) is 12.1 Å². The predicted molar refractivity (Wildman–Crippen MR) is 103 cm³/mol. The van der Waals surface area contributed by atoms with Crippen LogP contribution in [0.2, 0.25) is 5.02 Å². The van der Waals surface area contributed by atoms with E-state index in [4.69, 9.17) is 11.6 Å². The lowest BCUT2D eigenvalue weighted by atomic mass is 9.84. The van der Waals surface area contributed by atoms with Gasteiger partial charge in [0.1, 0.15) is 11.9 Å². The van der Waals surface area contributed by atoms with Gasteiger partial charge in [0, 0.05) is 31.2 Å². The fraction of sp³-hybridized carbons (Fsp3) is 0.650. The quantitative estimate of drug-likeness (QED) is 0.856. The molecule has 1 aromatic rings. The van der Waals surface area contributed by atoms with Gasteiger partial charge in [0.15, 0.2) is 0 Å². The van der Waals surface area contributed by atoms with Gasteiger partial charge in [-0.3, -0.25) is 4.79 Å².